The minimum Gasteiger partial charge on any atom is -0.330 e. The van der Waals surface area contributed by atoms with Crippen molar-refractivity contribution in [3.05, 3.63) is 29.3 Å². The highest BCUT2D eigenvalue weighted by Gasteiger charge is 2.14. The molecular weight excluding hydrogens is 208 g/mol. The minimum absolute atomic E-state index is 0.783. The van der Waals surface area contributed by atoms with Crippen LogP contribution in [-0.2, 0) is 0 Å². The number of benzene rings is 1. The van der Waals surface area contributed by atoms with Gasteiger partial charge in [0, 0.05) is 30.2 Å². The summed E-state index contributed by atoms with van der Waals surface area (Å²) in [6.07, 6.45) is 2.12. The van der Waals surface area contributed by atoms with E-state index in [0.717, 1.165) is 31.0 Å². The van der Waals surface area contributed by atoms with Crippen LogP contribution in [0.3, 0.4) is 0 Å². The molecule has 0 atom stereocenters. The van der Waals surface area contributed by atoms with Gasteiger partial charge in [-0.25, -0.2) is 0 Å². The molecule has 2 nitrogen and oxygen atoms in total. The number of nitrogens with zero attached hydrogens (tertiary/aromatic N) is 2. The van der Waals surface area contributed by atoms with Gasteiger partial charge in [0.2, 0.25) is 0 Å². The first-order valence-corrected chi connectivity index (χ1v) is 5.75. The lowest BCUT2D eigenvalue weighted by Gasteiger charge is -2.29. The first kappa shape index (κ1) is 10.5. The quantitative estimate of drug-likeness (QED) is 0.749. The lowest BCUT2D eigenvalue weighted by molar-refractivity contribution is 0.778. The summed E-state index contributed by atoms with van der Waals surface area (Å²) in [5.74, 6) is 1.18. The second-order valence-corrected chi connectivity index (χ2v) is 4.07. The van der Waals surface area contributed by atoms with Crippen molar-refractivity contribution < 1.29 is 0 Å². The molecule has 0 amide bonds. The Kier molecular flexibility index (Phi) is 3.27. The molecule has 1 aromatic rings. The van der Waals surface area contributed by atoms with Gasteiger partial charge in [0.25, 0.3) is 0 Å². The highest BCUT2D eigenvalue weighted by Crippen LogP contribution is 2.21. The van der Waals surface area contributed by atoms with Crippen LogP contribution in [-0.4, -0.2) is 18.9 Å². The SMILES string of the molecule is CCC1=NCCCN1c1ccc(Cl)cc1. The van der Waals surface area contributed by atoms with Crippen LogP contribution in [0.5, 0.6) is 0 Å². The molecule has 0 fully saturated rings. The van der Waals surface area contributed by atoms with Crippen LogP contribution in [0, 0.1) is 0 Å². The third-order valence-electron chi connectivity index (χ3n) is 2.60. The van der Waals surface area contributed by atoms with Gasteiger partial charge in [0.1, 0.15) is 5.84 Å². The molecule has 0 spiro atoms. The van der Waals surface area contributed by atoms with Gasteiger partial charge in [-0.1, -0.05) is 18.5 Å². The van der Waals surface area contributed by atoms with Crippen molar-refractivity contribution in [2.45, 2.75) is 19.8 Å². The van der Waals surface area contributed by atoms with Crippen molar-refractivity contribution in [3.8, 4) is 0 Å². The van der Waals surface area contributed by atoms with E-state index in [-0.39, 0.29) is 0 Å². The zero-order chi connectivity index (χ0) is 10.7. The smallest absolute Gasteiger partial charge is 0.103 e. The summed E-state index contributed by atoms with van der Waals surface area (Å²) in [5.41, 5.74) is 1.19. The maximum atomic E-state index is 5.87. The Balaban J connectivity index is 2.25. The normalized spacial score (nSPS) is 16.4. The molecule has 0 aromatic heterocycles. The maximum absolute atomic E-state index is 5.87. The number of rotatable bonds is 2. The summed E-state index contributed by atoms with van der Waals surface area (Å²) in [7, 11) is 0. The first-order chi connectivity index (χ1) is 7.31. The summed E-state index contributed by atoms with van der Waals surface area (Å²) in [5, 5.41) is 0.783. The molecule has 0 aliphatic carbocycles. The number of hydrogen-bond donors (Lipinski definition) is 0. The summed E-state index contributed by atoms with van der Waals surface area (Å²) < 4.78 is 0. The number of hydrogen-bond acceptors (Lipinski definition) is 2. The van der Waals surface area contributed by atoms with Gasteiger partial charge in [-0.05, 0) is 30.7 Å². The summed E-state index contributed by atoms with van der Waals surface area (Å²) in [6.45, 7) is 4.18. The number of anilines is 1. The van der Waals surface area contributed by atoms with E-state index in [1.165, 1.54) is 11.5 Å². The van der Waals surface area contributed by atoms with Crippen LogP contribution in [0.15, 0.2) is 29.3 Å². The second-order valence-electron chi connectivity index (χ2n) is 3.63. The topological polar surface area (TPSA) is 15.6 Å². The first-order valence-electron chi connectivity index (χ1n) is 5.37. The van der Waals surface area contributed by atoms with Crippen LogP contribution in [0.2, 0.25) is 5.02 Å². The number of halogens is 1. The Bertz CT molecular complexity index is 356. The van der Waals surface area contributed by atoms with E-state index in [1.807, 2.05) is 12.1 Å². The fourth-order valence-electron chi connectivity index (χ4n) is 1.85. The average molecular weight is 223 g/mol. The third kappa shape index (κ3) is 2.32. The largest absolute Gasteiger partial charge is 0.330 e. The highest BCUT2D eigenvalue weighted by molar-refractivity contribution is 6.30. The highest BCUT2D eigenvalue weighted by atomic mass is 35.5. The predicted molar refractivity (Wildman–Crippen MR) is 66.0 cm³/mol. The van der Waals surface area contributed by atoms with Gasteiger partial charge in [0.15, 0.2) is 0 Å². The van der Waals surface area contributed by atoms with Crippen LogP contribution in [0.1, 0.15) is 19.8 Å². The Morgan fingerprint density at radius 2 is 2.07 bits per heavy atom. The van der Waals surface area contributed by atoms with Crippen LogP contribution in [0.4, 0.5) is 5.69 Å². The fourth-order valence-corrected chi connectivity index (χ4v) is 1.98. The van der Waals surface area contributed by atoms with Crippen LogP contribution >= 0.6 is 11.6 Å². The zero-order valence-electron chi connectivity index (χ0n) is 8.91. The van der Waals surface area contributed by atoms with Gasteiger partial charge in [-0.15, -0.1) is 0 Å². The van der Waals surface area contributed by atoms with Gasteiger partial charge < -0.3 is 4.90 Å². The van der Waals surface area contributed by atoms with E-state index >= 15 is 0 Å². The van der Waals surface area contributed by atoms with E-state index in [0.29, 0.717) is 0 Å². The third-order valence-corrected chi connectivity index (χ3v) is 2.85. The molecule has 1 heterocycles. The van der Waals surface area contributed by atoms with Crippen molar-refractivity contribution in [3.63, 3.8) is 0 Å². The molecule has 3 heteroatoms. The molecule has 80 valence electrons. The predicted octanol–water partition coefficient (Wildman–Crippen LogP) is 3.36. The molecule has 2 rings (SSSR count). The molecule has 1 aromatic carbocycles. The molecule has 0 bridgehead atoms. The zero-order valence-corrected chi connectivity index (χ0v) is 9.67. The Morgan fingerprint density at radius 3 is 2.73 bits per heavy atom. The molecule has 0 saturated carbocycles. The fraction of sp³-hybridized carbons (Fsp3) is 0.417. The Morgan fingerprint density at radius 1 is 1.33 bits per heavy atom. The van der Waals surface area contributed by atoms with E-state index in [9.17, 15) is 0 Å². The maximum Gasteiger partial charge on any atom is 0.103 e. The number of amidine groups is 1. The average Bonchev–Trinajstić information content (AvgIpc) is 2.30. The molecule has 1 aliphatic heterocycles. The van der Waals surface area contributed by atoms with E-state index in [2.05, 4.69) is 28.9 Å². The molecule has 0 radical (unpaired) electrons. The molecule has 15 heavy (non-hydrogen) atoms. The molecule has 0 saturated heterocycles. The van der Waals surface area contributed by atoms with Gasteiger partial charge >= 0.3 is 0 Å². The summed E-state index contributed by atoms with van der Waals surface area (Å²) >= 11 is 5.87. The second kappa shape index (κ2) is 4.67. The Labute approximate surface area is 95.6 Å². The molecule has 0 unspecified atom stereocenters. The van der Waals surface area contributed by atoms with Gasteiger partial charge in [-0.2, -0.15) is 0 Å². The number of aliphatic imine (C=N–C) groups is 1. The van der Waals surface area contributed by atoms with Crippen LogP contribution < -0.4 is 4.90 Å². The van der Waals surface area contributed by atoms with Gasteiger partial charge in [-0.3, -0.25) is 4.99 Å². The lowest BCUT2D eigenvalue weighted by Crippen LogP contribution is -2.35. The minimum atomic E-state index is 0.783. The van der Waals surface area contributed by atoms with Crippen LogP contribution in [0.25, 0.3) is 0 Å². The summed E-state index contributed by atoms with van der Waals surface area (Å²) in [4.78, 5) is 6.82. The molecule has 0 N–H and O–H groups in total. The molecular formula is C12H15ClN2. The van der Waals surface area contributed by atoms with Crippen molar-refractivity contribution in [1.82, 2.24) is 0 Å². The molecule has 1 aliphatic rings. The lowest BCUT2D eigenvalue weighted by atomic mass is 10.2. The van der Waals surface area contributed by atoms with E-state index in [4.69, 9.17) is 11.6 Å². The Hall–Kier alpha value is -1.02. The van der Waals surface area contributed by atoms with Crippen molar-refractivity contribution >= 4 is 23.1 Å². The van der Waals surface area contributed by atoms with E-state index in [1.54, 1.807) is 0 Å². The van der Waals surface area contributed by atoms with Gasteiger partial charge in [0.05, 0.1) is 0 Å². The van der Waals surface area contributed by atoms with Crippen molar-refractivity contribution in [2.24, 2.45) is 4.99 Å². The monoisotopic (exact) mass is 222 g/mol. The summed E-state index contributed by atoms with van der Waals surface area (Å²) in [6, 6.07) is 7.97. The van der Waals surface area contributed by atoms with Crippen molar-refractivity contribution in [1.29, 1.82) is 0 Å². The van der Waals surface area contributed by atoms with Crippen molar-refractivity contribution in [2.75, 3.05) is 18.0 Å². The standard InChI is InChI=1S/C12H15ClN2/c1-2-12-14-8-3-9-15(12)11-6-4-10(13)5-7-11/h4-7H,2-3,8-9H2,1H3. The van der Waals surface area contributed by atoms with E-state index < -0.39 is 0 Å².